The average molecular weight is 212 g/mol. The second kappa shape index (κ2) is 4.54. The lowest BCUT2D eigenvalue weighted by Crippen LogP contribution is -2.13. The van der Waals surface area contributed by atoms with Crippen molar-refractivity contribution in [3.8, 4) is 18.0 Å². The minimum absolute atomic E-state index is 0.127. The smallest absolute Gasteiger partial charge is 0.310 e. The molecular weight excluding hydrogens is 200 g/mol. The summed E-state index contributed by atoms with van der Waals surface area (Å²) in [5, 5.41) is 0. The molecule has 80 valence electrons. The van der Waals surface area contributed by atoms with Gasteiger partial charge in [-0.2, -0.15) is 0 Å². The van der Waals surface area contributed by atoms with Crippen molar-refractivity contribution in [3.05, 3.63) is 52.7 Å². The molecule has 0 spiro atoms. The van der Waals surface area contributed by atoms with Gasteiger partial charge in [0.2, 0.25) is 0 Å². The first-order valence-electron chi connectivity index (χ1n) is 5.10. The summed E-state index contributed by atoms with van der Waals surface area (Å²) in [6, 6.07) is 9.49. The van der Waals surface area contributed by atoms with E-state index in [-0.39, 0.29) is 5.69 Å². The lowest BCUT2D eigenvalue weighted by atomic mass is 10.2. The first-order chi connectivity index (χ1) is 7.81. The summed E-state index contributed by atoms with van der Waals surface area (Å²) in [6.07, 6.45) is 8.32. The molecule has 3 nitrogen and oxygen atoms in total. The summed E-state index contributed by atoms with van der Waals surface area (Å²) in [6.45, 7) is 0. The van der Waals surface area contributed by atoms with Crippen molar-refractivity contribution in [3.63, 3.8) is 0 Å². The number of benzene rings is 1. The van der Waals surface area contributed by atoms with Gasteiger partial charge in [0, 0.05) is 24.7 Å². The highest BCUT2D eigenvalue weighted by molar-refractivity contribution is 5.31. The molecule has 0 saturated heterocycles. The highest BCUT2D eigenvalue weighted by Crippen LogP contribution is 2.05. The van der Waals surface area contributed by atoms with Crippen molar-refractivity contribution in [2.45, 2.75) is 12.8 Å². The van der Waals surface area contributed by atoms with Gasteiger partial charge in [0.25, 0.3) is 0 Å². The fraction of sp³-hybridized carbons (Fsp3) is 0.154. The quantitative estimate of drug-likeness (QED) is 0.773. The Morgan fingerprint density at radius 2 is 2.06 bits per heavy atom. The van der Waals surface area contributed by atoms with Gasteiger partial charge in [-0.05, 0) is 12.1 Å². The molecule has 0 radical (unpaired) electrons. The molecule has 3 heteroatoms. The van der Waals surface area contributed by atoms with Crippen LogP contribution < -0.4 is 5.69 Å². The molecule has 0 unspecified atom stereocenters. The van der Waals surface area contributed by atoms with E-state index in [2.05, 4.69) is 10.9 Å². The van der Waals surface area contributed by atoms with Crippen molar-refractivity contribution in [1.29, 1.82) is 0 Å². The van der Waals surface area contributed by atoms with Crippen molar-refractivity contribution < 1.29 is 0 Å². The summed E-state index contributed by atoms with van der Waals surface area (Å²) in [7, 11) is 0. The molecule has 1 N–H and O–H groups in total. The minimum Gasteiger partial charge on any atom is -0.310 e. The van der Waals surface area contributed by atoms with Gasteiger partial charge in [0.15, 0.2) is 0 Å². The van der Waals surface area contributed by atoms with E-state index in [0.29, 0.717) is 12.8 Å². The highest BCUT2D eigenvalue weighted by atomic mass is 16.1. The summed E-state index contributed by atoms with van der Waals surface area (Å²) < 4.78 is 1.59. The molecule has 2 aromatic rings. The maximum atomic E-state index is 11.7. The Bertz CT molecular complexity index is 558. The molecule has 0 saturated carbocycles. The first kappa shape index (κ1) is 10.3. The number of imidazole rings is 1. The van der Waals surface area contributed by atoms with E-state index in [1.165, 1.54) is 0 Å². The average Bonchev–Trinajstić information content (AvgIpc) is 2.69. The van der Waals surface area contributed by atoms with E-state index in [0.717, 1.165) is 11.4 Å². The second-order valence-corrected chi connectivity index (χ2v) is 3.49. The number of para-hydroxylation sites is 1. The van der Waals surface area contributed by atoms with E-state index < -0.39 is 0 Å². The Hall–Kier alpha value is -2.21. The van der Waals surface area contributed by atoms with Crippen LogP contribution in [-0.2, 0) is 6.42 Å². The van der Waals surface area contributed by atoms with Crippen LogP contribution in [0, 0.1) is 12.3 Å². The number of hydrogen-bond donors (Lipinski definition) is 1. The number of nitrogens with one attached hydrogen (secondary N) is 1. The topological polar surface area (TPSA) is 37.8 Å². The third-order valence-corrected chi connectivity index (χ3v) is 2.34. The molecule has 1 aromatic heterocycles. The lowest BCUT2D eigenvalue weighted by molar-refractivity contribution is 0.968. The fourth-order valence-corrected chi connectivity index (χ4v) is 1.56. The molecule has 0 aliphatic heterocycles. The van der Waals surface area contributed by atoms with Crippen LogP contribution in [-0.4, -0.2) is 9.55 Å². The predicted octanol–water partition coefficient (Wildman–Crippen LogP) is 1.73. The molecule has 1 heterocycles. The summed E-state index contributed by atoms with van der Waals surface area (Å²) in [4.78, 5) is 14.4. The molecule has 0 amide bonds. The molecule has 0 aliphatic rings. The number of nitrogens with zero attached hydrogens (tertiary/aromatic N) is 1. The number of H-pyrrole nitrogens is 1. The van der Waals surface area contributed by atoms with Crippen molar-refractivity contribution in [2.75, 3.05) is 0 Å². The van der Waals surface area contributed by atoms with Gasteiger partial charge < -0.3 is 4.98 Å². The Labute approximate surface area is 93.7 Å². The largest absolute Gasteiger partial charge is 0.330 e. The van der Waals surface area contributed by atoms with Gasteiger partial charge in [-0.1, -0.05) is 18.2 Å². The van der Waals surface area contributed by atoms with Gasteiger partial charge in [0.1, 0.15) is 0 Å². The third kappa shape index (κ3) is 2.06. The maximum Gasteiger partial charge on any atom is 0.330 e. The van der Waals surface area contributed by atoms with Crippen LogP contribution >= 0.6 is 0 Å². The number of aromatic nitrogens is 2. The summed E-state index contributed by atoms with van der Waals surface area (Å²) in [5.41, 5.74) is 1.60. The standard InChI is InChI=1S/C13H12N2O/c1-2-3-7-11-10-15(13(16)14-11)12-8-5-4-6-9-12/h1,4-6,8-10H,3,7H2,(H,14,16). The van der Waals surface area contributed by atoms with Crippen LogP contribution in [0.5, 0.6) is 0 Å². The Morgan fingerprint density at radius 1 is 1.31 bits per heavy atom. The molecule has 0 atom stereocenters. The summed E-state index contributed by atoms with van der Waals surface area (Å²) in [5.74, 6) is 2.55. The normalized spacial score (nSPS) is 9.94. The van der Waals surface area contributed by atoms with E-state index in [9.17, 15) is 4.79 Å². The molecule has 0 fully saturated rings. The summed E-state index contributed by atoms with van der Waals surface area (Å²) >= 11 is 0. The van der Waals surface area contributed by atoms with E-state index >= 15 is 0 Å². The van der Waals surface area contributed by atoms with Gasteiger partial charge in [-0.15, -0.1) is 12.3 Å². The number of aromatic amines is 1. The van der Waals surface area contributed by atoms with Crippen LogP contribution in [0.2, 0.25) is 0 Å². The molecule has 16 heavy (non-hydrogen) atoms. The number of aryl methyl sites for hydroxylation is 1. The Morgan fingerprint density at radius 3 is 2.75 bits per heavy atom. The van der Waals surface area contributed by atoms with Crippen LogP contribution in [0.1, 0.15) is 12.1 Å². The molecule has 1 aromatic carbocycles. The van der Waals surface area contributed by atoms with E-state index in [1.54, 1.807) is 10.8 Å². The zero-order valence-electron chi connectivity index (χ0n) is 8.81. The zero-order valence-corrected chi connectivity index (χ0v) is 8.81. The predicted molar refractivity (Wildman–Crippen MR) is 63.5 cm³/mol. The van der Waals surface area contributed by atoms with Gasteiger partial charge in [-0.3, -0.25) is 4.57 Å². The second-order valence-electron chi connectivity index (χ2n) is 3.49. The number of hydrogen-bond acceptors (Lipinski definition) is 1. The highest BCUT2D eigenvalue weighted by Gasteiger charge is 2.03. The zero-order chi connectivity index (χ0) is 11.4. The number of rotatable bonds is 3. The molecule has 2 rings (SSSR count). The van der Waals surface area contributed by atoms with Gasteiger partial charge in [-0.25, -0.2) is 4.79 Å². The SMILES string of the molecule is C#CCCc1cn(-c2ccccc2)c(=O)[nH]1. The minimum atomic E-state index is -0.127. The van der Waals surface area contributed by atoms with Crippen molar-refractivity contribution >= 4 is 0 Å². The van der Waals surface area contributed by atoms with Crippen LogP contribution in [0.25, 0.3) is 5.69 Å². The monoisotopic (exact) mass is 212 g/mol. The van der Waals surface area contributed by atoms with Crippen LogP contribution in [0.3, 0.4) is 0 Å². The van der Waals surface area contributed by atoms with Crippen LogP contribution in [0.4, 0.5) is 0 Å². The van der Waals surface area contributed by atoms with Crippen LogP contribution in [0.15, 0.2) is 41.3 Å². The third-order valence-electron chi connectivity index (χ3n) is 2.34. The van der Waals surface area contributed by atoms with Gasteiger partial charge >= 0.3 is 5.69 Å². The van der Waals surface area contributed by atoms with E-state index in [1.807, 2.05) is 30.3 Å². The Balaban J connectivity index is 2.33. The maximum absolute atomic E-state index is 11.7. The van der Waals surface area contributed by atoms with Gasteiger partial charge in [0.05, 0.1) is 5.69 Å². The van der Waals surface area contributed by atoms with E-state index in [4.69, 9.17) is 6.42 Å². The Kier molecular flexibility index (Phi) is 2.93. The van der Waals surface area contributed by atoms with Crippen molar-refractivity contribution in [2.24, 2.45) is 0 Å². The number of terminal acetylenes is 1. The first-order valence-corrected chi connectivity index (χ1v) is 5.10. The lowest BCUT2D eigenvalue weighted by Gasteiger charge is -1.98. The van der Waals surface area contributed by atoms with Crippen molar-refractivity contribution in [1.82, 2.24) is 9.55 Å². The fourth-order valence-electron chi connectivity index (χ4n) is 1.56. The molecule has 0 aliphatic carbocycles. The molecule has 0 bridgehead atoms. The molecular formula is C13H12N2O.